The van der Waals surface area contributed by atoms with E-state index >= 15 is 0 Å². The quantitative estimate of drug-likeness (QED) is 0.709. The van der Waals surface area contributed by atoms with Gasteiger partial charge in [-0.3, -0.25) is 0 Å². The summed E-state index contributed by atoms with van der Waals surface area (Å²) in [6, 6.07) is 14.3. The summed E-state index contributed by atoms with van der Waals surface area (Å²) >= 11 is 1.37. The fourth-order valence-corrected chi connectivity index (χ4v) is 3.23. The number of carbonyl (C=O) groups is 1. The molecule has 3 rings (SSSR count). The average Bonchev–Trinajstić information content (AvgIpc) is 2.94. The summed E-state index contributed by atoms with van der Waals surface area (Å²) in [6.07, 6.45) is 0.793. The van der Waals surface area contributed by atoms with E-state index in [2.05, 4.69) is 24.3 Å². The minimum absolute atomic E-state index is 0.344. The summed E-state index contributed by atoms with van der Waals surface area (Å²) < 4.78 is 5.25. The van der Waals surface area contributed by atoms with E-state index in [0.717, 1.165) is 22.9 Å². The molecule has 0 aliphatic rings. The van der Waals surface area contributed by atoms with E-state index in [1.165, 1.54) is 16.7 Å². The minimum Gasteiger partial charge on any atom is -0.462 e. The Morgan fingerprint density at radius 2 is 1.95 bits per heavy atom. The van der Waals surface area contributed by atoms with E-state index < -0.39 is 0 Å². The van der Waals surface area contributed by atoms with Gasteiger partial charge in [0.1, 0.15) is 10.6 Å². The molecule has 0 unspecified atom stereocenters. The molecule has 3 nitrogen and oxygen atoms in total. The third-order valence-corrected chi connectivity index (χ3v) is 4.33. The highest BCUT2D eigenvalue weighted by Gasteiger charge is 2.20. The maximum atomic E-state index is 12.2. The van der Waals surface area contributed by atoms with Crippen LogP contribution in [0, 0.1) is 0 Å². The van der Waals surface area contributed by atoms with Crippen LogP contribution in [-0.4, -0.2) is 12.6 Å². The smallest absolute Gasteiger partial charge is 0.341 e. The standard InChI is InChI=1S/C18H17NO2S/c1-2-9-21-18(20)16-15(11-22-17(16)19)14-8-7-12-5-3-4-6-13(12)10-14/h3-8,10-11H,2,9,19H2,1H3. The van der Waals surface area contributed by atoms with Crippen LogP contribution >= 0.6 is 11.3 Å². The Bertz CT molecular complexity index is 823. The molecule has 0 fully saturated rings. The van der Waals surface area contributed by atoms with Gasteiger partial charge in [-0.2, -0.15) is 0 Å². The molecule has 0 saturated carbocycles. The van der Waals surface area contributed by atoms with Crippen LogP contribution in [0.25, 0.3) is 21.9 Å². The predicted molar refractivity (Wildman–Crippen MR) is 92.2 cm³/mol. The fraction of sp³-hybridized carbons (Fsp3) is 0.167. The molecule has 4 heteroatoms. The first kappa shape index (κ1) is 14.6. The van der Waals surface area contributed by atoms with Crippen LogP contribution < -0.4 is 5.73 Å². The SMILES string of the molecule is CCCOC(=O)c1c(-c2ccc3ccccc3c2)csc1N. The number of anilines is 1. The lowest BCUT2D eigenvalue weighted by Gasteiger charge is -2.07. The second kappa shape index (κ2) is 6.20. The highest BCUT2D eigenvalue weighted by molar-refractivity contribution is 7.15. The van der Waals surface area contributed by atoms with E-state index in [-0.39, 0.29) is 5.97 Å². The molecule has 0 aliphatic heterocycles. The first-order valence-electron chi connectivity index (χ1n) is 7.24. The summed E-state index contributed by atoms with van der Waals surface area (Å²) in [7, 11) is 0. The first-order chi connectivity index (χ1) is 10.7. The topological polar surface area (TPSA) is 52.3 Å². The Hall–Kier alpha value is -2.33. The van der Waals surface area contributed by atoms with Crippen molar-refractivity contribution in [3.05, 3.63) is 53.4 Å². The predicted octanol–water partition coefficient (Wildman–Crippen LogP) is 4.72. The Morgan fingerprint density at radius 1 is 1.18 bits per heavy atom. The molecule has 0 spiro atoms. The van der Waals surface area contributed by atoms with Crippen molar-refractivity contribution in [2.24, 2.45) is 0 Å². The van der Waals surface area contributed by atoms with Gasteiger partial charge in [0.25, 0.3) is 0 Å². The number of ether oxygens (including phenoxy) is 1. The molecular formula is C18H17NO2S. The Labute approximate surface area is 133 Å². The number of thiophene rings is 1. The summed E-state index contributed by atoms with van der Waals surface area (Å²) in [4.78, 5) is 12.2. The number of nitrogens with two attached hydrogens (primary N) is 1. The van der Waals surface area contributed by atoms with Gasteiger partial charge in [-0.25, -0.2) is 4.79 Å². The van der Waals surface area contributed by atoms with Gasteiger partial charge >= 0.3 is 5.97 Å². The van der Waals surface area contributed by atoms with Crippen molar-refractivity contribution in [3.8, 4) is 11.1 Å². The summed E-state index contributed by atoms with van der Waals surface area (Å²) in [6.45, 7) is 2.37. The van der Waals surface area contributed by atoms with Gasteiger partial charge in [0.2, 0.25) is 0 Å². The molecule has 1 aromatic heterocycles. The maximum absolute atomic E-state index is 12.2. The molecular weight excluding hydrogens is 294 g/mol. The van der Waals surface area contributed by atoms with Gasteiger partial charge in [0.15, 0.2) is 0 Å². The van der Waals surface area contributed by atoms with Gasteiger partial charge in [-0.1, -0.05) is 43.3 Å². The largest absolute Gasteiger partial charge is 0.462 e. The van der Waals surface area contributed by atoms with E-state index in [0.29, 0.717) is 17.2 Å². The molecule has 2 N–H and O–H groups in total. The lowest BCUT2D eigenvalue weighted by atomic mass is 10.0. The Morgan fingerprint density at radius 3 is 2.73 bits per heavy atom. The zero-order valence-corrected chi connectivity index (χ0v) is 13.2. The number of hydrogen-bond donors (Lipinski definition) is 1. The van der Waals surface area contributed by atoms with Crippen LogP contribution in [0.5, 0.6) is 0 Å². The Balaban J connectivity index is 2.05. The molecule has 1 heterocycles. The number of rotatable bonds is 4. The van der Waals surface area contributed by atoms with Gasteiger partial charge in [-0.15, -0.1) is 11.3 Å². The van der Waals surface area contributed by atoms with Crippen LogP contribution in [-0.2, 0) is 4.74 Å². The second-order valence-corrected chi connectivity index (χ2v) is 6.00. The van der Waals surface area contributed by atoms with Gasteiger partial charge in [-0.05, 0) is 28.8 Å². The van der Waals surface area contributed by atoms with Crippen molar-refractivity contribution in [2.75, 3.05) is 12.3 Å². The summed E-state index contributed by atoms with van der Waals surface area (Å²) in [5.41, 5.74) is 8.29. The van der Waals surface area contributed by atoms with Gasteiger partial charge in [0.05, 0.1) is 6.61 Å². The summed E-state index contributed by atoms with van der Waals surface area (Å²) in [5, 5.41) is 4.73. The Kier molecular flexibility index (Phi) is 4.11. The van der Waals surface area contributed by atoms with Crippen molar-refractivity contribution >= 4 is 33.1 Å². The zero-order valence-electron chi connectivity index (χ0n) is 12.3. The molecule has 3 aromatic rings. The van der Waals surface area contributed by atoms with Crippen LogP contribution in [0.4, 0.5) is 5.00 Å². The second-order valence-electron chi connectivity index (χ2n) is 5.09. The van der Waals surface area contributed by atoms with Crippen molar-refractivity contribution < 1.29 is 9.53 Å². The monoisotopic (exact) mass is 311 g/mol. The van der Waals surface area contributed by atoms with Crippen LogP contribution in [0.15, 0.2) is 47.8 Å². The summed E-state index contributed by atoms with van der Waals surface area (Å²) in [5.74, 6) is -0.344. The van der Waals surface area contributed by atoms with Crippen LogP contribution in [0.1, 0.15) is 23.7 Å². The normalized spacial score (nSPS) is 10.8. The number of nitrogen functional groups attached to an aromatic ring is 1. The molecule has 0 saturated heterocycles. The molecule has 0 radical (unpaired) electrons. The molecule has 0 aliphatic carbocycles. The lowest BCUT2D eigenvalue weighted by molar-refractivity contribution is 0.0508. The first-order valence-corrected chi connectivity index (χ1v) is 8.12. The highest BCUT2D eigenvalue weighted by atomic mass is 32.1. The van der Waals surface area contributed by atoms with Gasteiger partial charge in [0, 0.05) is 10.9 Å². The van der Waals surface area contributed by atoms with Crippen molar-refractivity contribution in [1.29, 1.82) is 0 Å². The molecule has 112 valence electrons. The van der Waals surface area contributed by atoms with Gasteiger partial charge < -0.3 is 10.5 Å². The molecule has 22 heavy (non-hydrogen) atoms. The van der Waals surface area contributed by atoms with E-state index in [4.69, 9.17) is 10.5 Å². The van der Waals surface area contributed by atoms with Crippen LogP contribution in [0.3, 0.4) is 0 Å². The van der Waals surface area contributed by atoms with E-state index in [1.54, 1.807) is 0 Å². The zero-order chi connectivity index (χ0) is 15.5. The number of hydrogen-bond acceptors (Lipinski definition) is 4. The van der Waals surface area contributed by atoms with Crippen molar-refractivity contribution in [2.45, 2.75) is 13.3 Å². The van der Waals surface area contributed by atoms with E-state index in [9.17, 15) is 4.79 Å². The minimum atomic E-state index is -0.344. The van der Waals surface area contributed by atoms with Crippen molar-refractivity contribution in [3.63, 3.8) is 0 Å². The molecule has 0 atom stereocenters. The molecule has 0 bridgehead atoms. The molecule has 2 aromatic carbocycles. The maximum Gasteiger partial charge on any atom is 0.341 e. The van der Waals surface area contributed by atoms with E-state index in [1.807, 2.05) is 30.5 Å². The third kappa shape index (κ3) is 2.70. The third-order valence-electron chi connectivity index (χ3n) is 3.52. The average molecular weight is 311 g/mol. The highest BCUT2D eigenvalue weighted by Crippen LogP contribution is 2.35. The van der Waals surface area contributed by atoms with Crippen molar-refractivity contribution in [1.82, 2.24) is 0 Å². The van der Waals surface area contributed by atoms with Crippen LogP contribution in [0.2, 0.25) is 0 Å². The lowest BCUT2D eigenvalue weighted by Crippen LogP contribution is -2.08. The fourth-order valence-electron chi connectivity index (χ4n) is 2.42. The number of esters is 1. The number of carbonyl (C=O) groups excluding carboxylic acids is 1. The molecule has 0 amide bonds. The number of fused-ring (bicyclic) bond motifs is 1. The number of benzene rings is 2.